The minimum atomic E-state index is -0.176. The van der Waals surface area contributed by atoms with Crippen LogP contribution in [0, 0.1) is 6.92 Å². The first-order valence-corrected chi connectivity index (χ1v) is 3.17. The van der Waals surface area contributed by atoms with Gasteiger partial charge in [-0.15, -0.1) is 0 Å². The van der Waals surface area contributed by atoms with E-state index in [4.69, 9.17) is 21.8 Å². The molecule has 0 spiro atoms. The van der Waals surface area contributed by atoms with E-state index >= 15 is 0 Å². The molecule has 0 aliphatic heterocycles. The van der Waals surface area contributed by atoms with Crippen LogP contribution in [-0.2, 0) is 0 Å². The van der Waals surface area contributed by atoms with Crippen molar-refractivity contribution in [3.8, 4) is 11.5 Å². The molecule has 0 saturated heterocycles. The number of halogens is 1. The van der Waals surface area contributed by atoms with Crippen molar-refractivity contribution in [2.75, 3.05) is 0 Å². The fourth-order valence-electron chi connectivity index (χ4n) is 0.718. The number of benzene rings is 1. The predicted octanol–water partition coefficient (Wildman–Crippen LogP) is 2.06. The first-order valence-electron chi connectivity index (χ1n) is 2.79. The third kappa shape index (κ3) is 1.16. The van der Waals surface area contributed by atoms with Crippen molar-refractivity contribution in [1.82, 2.24) is 0 Å². The van der Waals surface area contributed by atoms with Gasteiger partial charge in [0.2, 0.25) is 0 Å². The summed E-state index contributed by atoms with van der Waals surface area (Å²) in [5, 5.41) is 18.4. The second-order valence-electron chi connectivity index (χ2n) is 2.09. The molecule has 1 rings (SSSR count). The maximum atomic E-state index is 9.02. The molecule has 0 bridgehead atoms. The number of aromatic hydroxyl groups is 2. The maximum absolute atomic E-state index is 9.02. The summed E-state index contributed by atoms with van der Waals surface area (Å²) in [5.41, 5.74) is 0.574. The van der Waals surface area contributed by atoms with Gasteiger partial charge in [0.25, 0.3) is 0 Å². The Bertz CT molecular complexity index is 235. The molecule has 2 nitrogen and oxygen atoms in total. The van der Waals surface area contributed by atoms with E-state index < -0.39 is 0 Å². The third-order valence-electron chi connectivity index (χ3n) is 1.25. The highest BCUT2D eigenvalue weighted by atomic mass is 35.5. The standard InChI is InChI=1S/C7H7ClO2/c1-4-2-5(8)3-6(9)7(4)10/h2-3,9-10H,1H3. The summed E-state index contributed by atoms with van der Waals surface area (Å²) in [4.78, 5) is 0. The normalized spacial score (nSPS) is 9.80. The van der Waals surface area contributed by atoms with Crippen molar-refractivity contribution >= 4 is 11.6 Å². The highest BCUT2D eigenvalue weighted by molar-refractivity contribution is 6.30. The number of phenolic OH excluding ortho intramolecular Hbond substituents is 2. The van der Waals surface area contributed by atoms with Crippen LogP contribution < -0.4 is 0 Å². The lowest BCUT2D eigenvalue weighted by Crippen LogP contribution is -1.75. The molecule has 3 heteroatoms. The van der Waals surface area contributed by atoms with Crippen molar-refractivity contribution in [1.29, 1.82) is 0 Å². The highest BCUT2D eigenvalue weighted by Crippen LogP contribution is 2.31. The summed E-state index contributed by atoms with van der Waals surface area (Å²) < 4.78 is 0. The molecule has 0 atom stereocenters. The zero-order valence-corrected chi connectivity index (χ0v) is 6.18. The van der Waals surface area contributed by atoms with Crippen molar-refractivity contribution in [3.63, 3.8) is 0 Å². The molecule has 0 fully saturated rings. The molecule has 54 valence electrons. The van der Waals surface area contributed by atoms with Gasteiger partial charge < -0.3 is 10.2 Å². The van der Waals surface area contributed by atoms with Crippen molar-refractivity contribution < 1.29 is 10.2 Å². The Labute approximate surface area is 63.7 Å². The Morgan fingerprint density at radius 2 is 1.90 bits per heavy atom. The lowest BCUT2D eigenvalue weighted by Gasteiger charge is -2.00. The molecule has 0 aromatic heterocycles. The van der Waals surface area contributed by atoms with Gasteiger partial charge in [0.1, 0.15) is 0 Å². The van der Waals surface area contributed by atoms with Gasteiger partial charge in [0.05, 0.1) is 0 Å². The topological polar surface area (TPSA) is 40.5 Å². The molecule has 1 aromatic carbocycles. The van der Waals surface area contributed by atoms with Gasteiger partial charge in [-0.05, 0) is 18.6 Å². The Kier molecular flexibility index (Phi) is 1.72. The van der Waals surface area contributed by atoms with Crippen LogP contribution in [0.5, 0.6) is 11.5 Å². The fraction of sp³-hybridized carbons (Fsp3) is 0.143. The molecular formula is C7H7ClO2. The smallest absolute Gasteiger partial charge is 0.160 e. The van der Waals surface area contributed by atoms with Crippen LogP contribution in [0.25, 0.3) is 0 Å². The summed E-state index contributed by atoms with van der Waals surface area (Å²) in [7, 11) is 0. The molecule has 0 aliphatic carbocycles. The van der Waals surface area contributed by atoms with Crippen LogP contribution in [0.1, 0.15) is 5.56 Å². The average Bonchev–Trinajstić information content (AvgIpc) is 1.82. The van der Waals surface area contributed by atoms with Gasteiger partial charge in [0, 0.05) is 11.1 Å². The lowest BCUT2D eigenvalue weighted by atomic mass is 10.2. The molecule has 0 heterocycles. The van der Waals surface area contributed by atoms with Gasteiger partial charge in [0.15, 0.2) is 11.5 Å². The zero-order chi connectivity index (χ0) is 7.72. The predicted molar refractivity (Wildman–Crippen MR) is 39.5 cm³/mol. The van der Waals surface area contributed by atoms with E-state index in [2.05, 4.69) is 0 Å². The summed E-state index contributed by atoms with van der Waals surface area (Å²) in [6.45, 7) is 1.67. The maximum Gasteiger partial charge on any atom is 0.160 e. The molecule has 1 aromatic rings. The van der Waals surface area contributed by atoms with Gasteiger partial charge in [-0.1, -0.05) is 11.6 Å². The van der Waals surface area contributed by atoms with Gasteiger partial charge in [-0.2, -0.15) is 0 Å². The van der Waals surface area contributed by atoms with E-state index in [9.17, 15) is 0 Å². The van der Waals surface area contributed by atoms with E-state index in [1.165, 1.54) is 6.07 Å². The Balaban J connectivity index is 3.31. The first-order chi connectivity index (χ1) is 4.61. The number of hydrogen-bond acceptors (Lipinski definition) is 2. The van der Waals surface area contributed by atoms with Gasteiger partial charge in [-0.25, -0.2) is 0 Å². The molecule has 0 aliphatic rings. The fourth-order valence-corrected chi connectivity index (χ4v) is 0.985. The number of rotatable bonds is 0. The summed E-state index contributed by atoms with van der Waals surface area (Å²) in [5.74, 6) is -0.283. The first kappa shape index (κ1) is 7.22. The number of phenols is 2. The lowest BCUT2D eigenvalue weighted by molar-refractivity contribution is 0.401. The summed E-state index contributed by atoms with van der Waals surface area (Å²) in [6, 6.07) is 2.88. The Morgan fingerprint density at radius 1 is 1.30 bits per heavy atom. The molecular weight excluding hydrogens is 152 g/mol. The monoisotopic (exact) mass is 158 g/mol. The van der Waals surface area contributed by atoms with Crippen molar-refractivity contribution in [2.45, 2.75) is 6.92 Å². The van der Waals surface area contributed by atoms with Crippen molar-refractivity contribution in [3.05, 3.63) is 22.7 Å². The zero-order valence-electron chi connectivity index (χ0n) is 5.43. The SMILES string of the molecule is Cc1cc(Cl)cc(O)c1O. The Morgan fingerprint density at radius 3 is 2.40 bits per heavy atom. The summed E-state index contributed by atoms with van der Waals surface area (Å²) >= 11 is 5.55. The molecule has 0 amide bonds. The number of hydrogen-bond donors (Lipinski definition) is 2. The van der Waals surface area contributed by atoms with E-state index in [1.807, 2.05) is 0 Å². The van der Waals surface area contributed by atoms with Crippen LogP contribution in [0.2, 0.25) is 5.02 Å². The van der Waals surface area contributed by atoms with E-state index in [0.29, 0.717) is 10.6 Å². The van der Waals surface area contributed by atoms with Crippen LogP contribution in [0.4, 0.5) is 0 Å². The number of aryl methyl sites for hydroxylation is 1. The van der Waals surface area contributed by atoms with Crippen LogP contribution >= 0.6 is 11.6 Å². The van der Waals surface area contributed by atoms with Crippen LogP contribution in [-0.4, -0.2) is 10.2 Å². The second-order valence-corrected chi connectivity index (χ2v) is 2.53. The Hall–Kier alpha value is -0.890. The quantitative estimate of drug-likeness (QED) is 0.568. The van der Waals surface area contributed by atoms with E-state index in [0.717, 1.165) is 0 Å². The molecule has 2 N–H and O–H groups in total. The van der Waals surface area contributed by atoms with E-state index in [-0.39, 0.29) is 11.5 Å². The largest absolute Gasteiger partial charge is 0.504 e. The van der Waals surface area contributed by atoms with Crippen molar-refractivity contribution in [2.24, 2.45) is 0 Å². The summed E-state index contributed by atoms with van der Waals surface area (Å²) in [6.07, 6.45) is 0. The molecule has 0 unspecified atom stereocenters. The van der Waals surface area contributed by atoms with Crippen LogP contribution in [0.15, 0.2) is 12.1 Å². The highest BCUT2D eigenvalue weighted by Gasteiger charge is 2.02. The minimum Gasteiger partial charge on any atom is -0.504 e. The molecule has 0 saturated carbocycles. The van der Waals surface area contributed by atoms with Gasteiger partial charge in [-0.3, -0.25) is 0 Å². The average molecular weight is 159 g/mol. The molecule has 0 radical (unpaired) electrons. The second kappa shape index (κ2) is 2.39. The minimum absolute atomic E-state index is 0.107. The van der Waals surface area contributed by atoms with Gasteiger partial charge >= 0.3 is 0 Å². The third-order valence-corrected chi connectivity index (χ3v) is 1.46. The molecule has 10 heavy (non-hydrogen) atoms. The van der Waals surface area contributed by atoms with Crippen LogP contribution in [0.3, 0.4) is 0 Å². The van der Waals surface area contributed by atoms with E-state index in [1.54, 1.807) is 13.0 Å².